The van der Waals surface area contributed by atoms with Crippen molar-refractivity contribution in [1.82, 2.24) is 0 Å². The van der Waals surface area contributed by atoms with Crippen LogP contribution < -0.4 is 5.73 Å². The van der Waals surface area contributed by atoms with Crippen LogP contribution in [0, 0.1) is 0 Å². The Labute approximate surface area is 104 Å². The number of aromatic hydroxyl groups is 1. The third-order valence-corrected chi connectivity index (χ3v) is 3.85. The topological polar surface area (TPSA) is 46.2 Å². The summed E-state index contributed by atoms with van der Waals surface area (Å²) in [5, 5.41) is 9.83. The van der Waals surface area contributed by atoms with Gasteiger partial charge >= 0.3 is 6.18 Å². The van der Waals surface area contributed by atoms with Crippen LogP contribution in [0.25, 0.3) is 0 Å². The van der Waals surface area contributed by atoms with Crippen molar-refractivity contribution in [2.24, 2.45) is 5.73 Å². The highest BCUT2D eigenvalue weighted by atomic mass is 19.4. The van der Waals surface area contributed by atoms with Gasteiger partial charge in [0.15, 0.2) is 0 Å². The molecule has 1 fully saturated rings. The first-order valence-electron chi connectivity index (χ1n) is 6.00. The lowest BCUT2D eigenvalue weighted by Gasteiger charge is -2.29. The highest BCUT2D eigenvalue weighted by molar-refractivity contribution is 5.43. The molecule has 1 aliphatic carbocycles. The summed E-state index contributed by atoms with van der Waals surface area (Å²) in [4.78, 5) is 0. The second-order valence-corrected chi connectivity index (χ2v) is 4.92. The number of alkyl halides is 3. The zero-order valence-corrected chi connectivity index (χ0v) is 9.93. The van der Waals surface area contributed by atoms with Gasteiger partial charge in [-0.05, 0) is 31.0 Å². The molecule has 0 spiro atoms. The van der Waals surface area contributed by atoms with Crippen LogP contribution in [0.4, 0.5) is 13.2 Å². The monoisotopic (exact) mass is 259 g/mol. The first kappa shape index (κ1) is 13.2. The van der Waals surface area contributed by atoms with E-state index in [1.807, 2.05) is 0 Å². The lowest BCUT2D eigenvalue weighted by Crippen LogP contribution is -2.32. The molecule has 1 aromatic rings. The molecule has 1 aliphatic rings. The predicted octanol–water partition coefficient (Wildman–Crippen LogP) is 3.18. The molecule has 2 rings (SSSR count). The Bertz CT molecular complexity index is 436. The standard InChI is InChI=1S/C13H16F3NO/c14-13(15,16)9-3-4-11(18)10(7-9)12(8-17)5-1-2-6-12/h3-4,7,18H,1-2,5-6,8,17H2. The summed E-state index contributed by atoms with van der Waals surface area (Å²) in [5.41, 5.74) is 4.86. The average molecular weight is 259 g/mol. The minimum atomic E-state index is -4.39. The number of phenols is 1. The van der Waals surface area contributed by atoms with Gasteiger partial charge in [0, 0.05) is 17.5 Å². The van der Waals surface area contributed by atoms with Gasteiger partial charge in [0.1, 0.15) is 5.75 Å². The zero-order chi connectivity index (χ0) is 13.4. The maximum Gasteiger partial charge on any atom is 0.416 e. The van der Waals surface area contributed by atoms with E-state index >= 15 is 0 Å². The van der Waals surface area contributed by atoms with Gasteiger partial charge in [-0.1, -0.05) is 12.8 Å². The second-order valence-electron chi connectivity index (χ2n) is 4.92. The summed E-state index contributed by atoms with van der Waals surface area (Å²) in [7, 11) is 0. The molecule has 0 aliphatic heterocycles. The molecule has 0 saturated heterocycles. The van der Waals surface area contributed by atoms with Gasteiger partial charge < -0.3 is 10.8 Å². The molecule has 1 saturated carbocycles. The lowest BCUT2D eigenvalue weighted by molar-refractivity contribution is -0.137. The van der Waals surface area contributed by atoms with Crippen molar-refractivity contribution < 1.29 is 18.3 Å². The fraction of sp³-hybridized carbons (Fsp3) is 0.538. The molecule has 0 heterocycles. The third-order valence-electron chi connectivity index (χ3n) is 3.85. The molecule has 0 unspecified atom stereocenters. The van der Waals surface area contributed by atoms with Crippen LogP contribution in [-0.4, -0.2) is 11.7 Å². The second kappa shape index (κ2) is 4.46. The number of hydrogen-bond acceptors (Lipinski definition) is 2. The Balaban J connectivity index is 2.49. The highest BCUT2D eigenvalue weighted by Gasteiger charge is 2.39. The van der Waals surface area contributed by atoms with Crippen molar-refractivity contribution >= 4 is 0 Å². The summed E-state index contributed by atoms with van der Waals surface area (Å²) < 4.78 is 38.1. The zero-order valence-electron chi connectivity index (χ0n) is 9.93. The van der Waals surface area contributed by atoms with Crippen molar-refractivity contribution in [3.63, 3.8) is 0 Å². The third kappa shape index (κ3) is 2.19. The van der Waals surface area contributed by atoms with E-state index in [9.17, 15) is 18.3 Å². The van der Waals surface area contributed by atoms with Gasteiger partial charge in [-0.15, -0.1) is 0 Å². The van der Waals surface area contributed by atoms with Crippen LogP contribution in [0.2, 0.25) is 0 Å². The average Bonchev–Trinajstić information content (AvgIpc) is 2.77. The highest BCUT2D eigenvalue weighted by Crippen LogP contribution is 2.45. The first-order valence-corrected chi connectivity index (χ1v) is 6.00. The molecule has 2 nitrogen and oxygen atoms in total. The van der Waals surface area contributed by atoms with Crippen molar-refractivity contribution in [3.05, 3.63) is 29.3 Å². The molecule has 100 valence electrons. The van der Waals surface area contributed by atoms with Crippen molar-refractivity contribution in [3.8, 4) is 5.75 Å². The normalized spacial score (nSPS) is 19.1. The van der Waals surface area contributed by atoms with Crippen LogP contribution in [0.15, 0.2) is 18.2 Å². The maximum absolute atomic E-state index is 12.7. The Morgan fingerprint density at radius 2 is 1.83 bits per heavy atom. The summed E-state index contributed by atoms with van der Waals surface area (Å²) >= 11 is 0. The number of benzene rings is 1. The fourth-order valence-corrected chi connectivity index (χ4v) is 2.77. The minimum Gasteiger partial charge on any atom is -0.508 e. The fourth-order valence-electron chi connectivity index (χ4n) is 2.77. The van der Waals surface area contributed by atoms with Crippen LogP contribution in [0.1, 0.15) is 36.8 Å². The van der Waals surface area contributed by atoms with Crippen LogP contribution in [-0.2, 0) is 11.6 Å². The smallest absolute Gasteiger partial charge is 0.416 e. The lowest BCUT2D eigenvalue weighted by atomic mass is 9.78. The van der Waals surface area contributed by atoms with Gasteiger partial charge in [0.05, 0.1) is 5.56 Å². The van der Waals surface area contributed by atoms with E-state index in [0.717, 1.165) is 43.9 Å². The van der Waals surface area contributed by atoms with Crippen molar-refractivity contribution in [1.29, 1.82) is 0 Å². The van der Waals surface area contributed by atoms with Crippen molar-refractivity contribution in [2.75, 3.05) is 6.54 Å². The van der Waals surface area contributed by atoms with E-state index in [0.29, 0.717) is 5.56 Å². The SMILES string of the molecule is NCC1(c2cc(C(F)(F)F)ccc2O)CCCC1. The van der Waals surface area contributed by atoms with Crippen LogP contribution in [0.3, 0.4) is 0 Å². The number of halogens is 3. The van der Waals surface area contributed by atoms with E-state index in [1.165, 1.54) is 0 Å². The Hall–Kier alpha value is -1.23. The molecular formula is C13H16F3NO. The number of hydrogen-bond donors (Lipinski definition) is 2. The number of nitrogens with two attached hydrogens (primary N) is 1. The molecule has 1 aromatic carbocycles. The van der Waals surface area contributed by atoms with E-state index < -0.39 is 17.2 Å². The Kier molecular flexibility index (Phi) is 3.27. The van der Waals surface area contributed by atoms with Gasteiger partial charge in [-0.2, -0.15) is 13.2 Å². The van der Waals surface area contributed by atoms with E-state index in [4.69, 9.17) is 5.73 Å². The molecular weight excluding hydrogens is 243 g/mol. The summed E-state index contributed by atoms with van der Waals surface area (Å²) in [6.45, 7) is 0.266. The summed E-state index contributed by atoms with van der Waals surface area (Å²) in [6, 6.07) is 3.07. The van der Waals surface area contributed by atoms with Gasteiger partial charge in [0.25, 0.3) is 0 Å². The molecule has 0 radical (unpaired) electrons. The largest absolute Gasteiger partial charge is 0.508 e. The predicted molar refractivity (Wildman–Crippen MR) is 62.3 cm³/mol. The first-order chi connectivity index (χ1) is 8.39. The quantitative estimate of drug-likeness (QED) is 0.856. The van der Waals surface area contributed by atoms with Crippen molar-refractivity contribution in [2.45, 2.75) is 37.3 Å². The number of phenolic OH excluding ortho intramolecular Hbond substituents is 1. The van der Waals surface area contributed by atoms with Gasteiger partial charge in [-0.25, -0.2) is 0 Å². The molecule has 5 heteroatoms. The number of rotatable bonds is 2. The van der Waals surface area contributed by atoms with Gasteiger partial charge in [0.2, 0.25) is 0 Å². The van der Waals surface area contributed by atoms with E-state index in [-0.39, 0.29) is 12.3 Å². The Morgan fingerprint density at radius 1 is 1.22 bits per heavy atom. The molecule has 3 N–H and O–H groups in total. The molecule has 0 aromatic heterocycles. The van der Waals surface area contributed by atoms with E-state index in [1.54, 1.807) is 0 Å². The maximum atomic E-state index is 12.7. The Morgan fingerprint density at radius 3 is 2.33 bits per heavy atom. The molecule has 0 bridgehead atoms. The molecule has 0 atom stereocenters. The molecule has 18 heavy (non-hydrogen) atoms. The van der Waals surface area contributed by atoms with Gasteiger partial charge in [-0.3, -0.25) is 0 Å². The molecule has 0 amide bonds. The van der Waals surface area contributed by atoms with Crippen LogP contribution in [0.5, 0.6) is 5.75 Å². The summed E-state index contributed by atoms with van der Waals surface area (Å²) in [5.74, 6) is -0.0876. The summed E-state index contributed by atoms with van der Waals surface area (Å²) in [6.07, 6.45) is -1.05. The van der Waals surface area contributed by atoms with Crippen LogP contribution >= 0.6 is 0 Å². The van der Waals surface area contributed by atoms with E-state index in [2.05, 4.69) is 0 Å². The minimum absolute atomic E-state index is 0.0876.